The van der Waals surface area contributed by atoms with Crippen LogP contribution < -0.4 is 5.73 Å². The van der Waals surface area contributed by atoms with Gasteiger partial charge in [0, 0.05) is 43.0 Å². The standard InChI is InChI=1S/C19H17N5/c1-21-19(17-8-12-23-13-9-17)24-18(20)16-4-2-14(3-5-16)15-6-10-22-11-7-15/h2-13H,1H3,(H2,20,21,24). The van der Waals surface area contributed by atoms with Crippen molar-refractivity contribution in [2.24, 2.45) is 15.7 Å². The Morgan fingerprint density at radius 2 is 1.29 bits per heavy atom. The Hall–Kier alpha value is -3.34. The van der Waals surface area contributed by atoms with Crippen molar-refractivity contribution in [3.8, 4) is 11.1 Å². The highest BCUT2D eigenvalue weighted by Crippen LogP contribution is 2.18. The average Bonchev–Trinajstić information content (AvgIpc) is 2.67. The fourth-order valence-electron chi connectivity index (χ4n) is 2.30. The number of nitrogens with zero attached hydrogens (tertiary/aromatic N) is 4. The van der Waals surface area contributed by atoms with Gasteiger partial charge in [-0.2, -0.15) is 0 Å². The lowest BCUT2D eigenvalue weighted by molar-refractivity contribution is 1.30. The number of hydrogen-bond acceptors (Lipinski definition) is 3. The Morgan fingerprint density at radius 1 is 0.750 bits per heavy atom. The zero-order valence-electron chi connectivity index (χ0n) is 13.3. The van der Waals surface area contributed by atoms with Crippen LogP contribution in [0.3, 0.4) is 0 Å². The Morgan fingerprint density at radius 3 is 1.88 bits per heavy atom. The van der Waals surface area contributed by atoms with Crippen LogP contribution in [0.15, 0.2) is 83.3 Å². The van der Waals surface area contributed by atoms with Crippen molar-refractivity contribution in [1.29, 1.82) is 0 Å². The Labute approximate surface area is 140 Å². The Bertz CT molecular complexity index is 853. The normalized spacial score (nSPS) is 12.2. The first kappa shape index (κ1) is 15.6. The molecule has 2 aromatic heterocycles. The molecule has 24 heavy (non-hydrogen) atoms. The molecule has 0 amide bonds. The summed E-state index contributed by atoms with van der Waals surface area (Å²) < 4.78 is 0. The molecular formula is C19H17N5. The highest BCUT2D eigenvalue weighted by molar-refractivity contribution is 6.10. The summed E-state index contributed by atoms with van der Waals surface area (Å²) in [7, 11) is 1.69. The molecule has 0 atom stereocenters. The molecule has 2 heterocycles. The first-order valence-electron chi connectivity index (χ1n) is 7.50. The lowest BCUT2D eigenvalue weighted by Crippen LogP contribution is -2.16. The van der Waals surface area contributed by atoms with Crippen LogP contribution in [0, 0.1) is 0 Å². The second-order valence-electron chi connectivity index (χ2n) is 5.09. The van der Waals surface area contributed by atoms with E-state index in [2.05, 4.69) is 20.0 Å². The van der Waals surface area contributed by atoms with Crippen LogP contribution in [0.2, 0.25) is 0 Å². The molecule has 5 nitrogen and oxygen atoms in total. The largest absolute Gasteiger partial charge is 0.383 e. The van der Waals surface area contributed by atoms with E-state index in [-0.39, 0.29) is 0 Å². The summed E-state index contributed by atoms with van der Waals surface area (Å²) in [6.07, 6.45) is 6.96. The number of rotatable bonds is 3. The molecule has 0 radical (unpaired) electrons. The molecule has 2 N–H and O–H groups in total. The summed E-state index contributed by atoms with van der Waals surface area (Å²) in [6.45, 7) is 0. The molecular weight excluding hydrogens is 298 g/mol. The molecule has 0 aliphatic rings. The van der Waals surface area contributed by atoms with E-state index in [4.69, 9.17) is 5.73 Å². The number of amidine groups is 2. The summed E-state index contributed by atoms with van der Waals surface area (Å²) in [6, 6.07) is 15.6. The third-order valence-electron chi connectivity index (χ3n) is 3.57. The number of nitrogens with two attached hydrogens (primary N) is 1. The topological polar surface area (TPSA) is 76.5 Å². The SMILES string of the molecule is CN=C(N=C(N)c1ccc(-c2ccncc2)cc1)c1ccncc1. The van der Waals surface area contributed by atoms with Gasteiger partial charge in [-0.25, -0.2) is 4.99 Å². The second-order valence-corrected chi connectivity index (χ2v) is 5.09. The van der Waals surface area contributed by atoms with Crippen molar-refractivity contribution in [3.63, 3.8) is 0 Å². The van der Waals surface area contributed by atoms with Crippen LogP contribution in [0.5, 0.6) is 0 Å². The lowest BCUT2D eigenvalue weighted by atomic mass is 10.0. The number of pyridine rings is 2. The predicted octanol–water partition coefficient (Wildman–Crippen LogP) is 2.93. The third-order valence-corrected chi connectivity index (χ3v) is 3.57. The van der Waals surface area contributed by atoms with E-state index in [0.717, 1.165) is 22.3 Å². The zero-order chi connectivity index (χ0) is 16.8. The van der Waals surface area contributed by atoms with Gasteiger partial charge in [-0.05, 0) is 35.4 Å². The molecule has 5 heteroatoms. The van der Waals surface area contributed by atoms with Crippen LogP contribution in [0.25, 0.3) is 11.1 Å². The third kappa shape index (κ3) is 3.52. The molecule has 0 aliphatic heterocycles. The van der Waals surface area contributed by atoms with Crippen molar-refractivity contribution in [2.45, 2.75) is 0 Å². The first-order valence-corrected chi connectivity index (χ1v) is 7.50. The van der Waals surface area contributed by atoms with Gasteiger partial charge in [-0.3, -0.25) is 15.0 Å². The summed E-state index contributed by atoms with van der Waals surface area (Å²) in [5, 5.41) is 0. The van der Waals surface area contributed by atoms with Gasteiger partial charge in [-0.15, -0.1) is 0 Å². The fraction of sp³-hybridized carbons (Fsp3) is 0.0526. The van der Waals surface area contributed by atoms with Crippen molar-refractivity contribution < 1.29 is 0 Å². The molecule has 3 rings (SSSR count). The second kappa shape index (κ2) is 7.28. The highest BCUT2D eigenvalue weighted by Gasteiger charge is 2.05. The van der Waals surface area contributed by atoms with Crippen LogP contribution in [-0.2, 0) is 0 Å². The van der Waals surface area contributed by atoms with Crippen molar-refractivity contribution in [2.75, 3.05) is 7.05 Å². The number of benzene rings is 1. The van der Waals surface area contributed by atoms with Crippen LogP contribution in [-0.4, -0.2) is 28.7 Å². The van der Waals surface area contributed by atoms with Crippen LogP contribution in [0.1, 0.15) is 11.1 Å². The summed E-state index contributed by atoms with van der Waals surface area (Å²) in [5.41, 5.74) is 10.1. The smallest absolute Gasteiger partial charge is 0.156 e. The molecule has 118 valence electrons. The van der Waals surface area contributed by atoms with Crippen molar-refractivity contribution in [3.05, 3.63) is 84.4 Å². The average molecular weight is 315 g/mol. The number of aliphatic imine (C=N–C) groups is 2. The van der Waals surface area contributed by atoms with E-state index in [1.165, 1.54) is 0 Å². The minimum absolute atomic E-state index is 0.425. The Balaban J connectivity index is 1.86. The summed E-state index contributed by atoms with van der Waals surface area (Å²) in [5.74, 6) is 1.00. The minimum atomic E-state index is 0.425. The first-order chi connectivity index (χ1) is 11.8. The zero-order valence-corrected chi connectivity index (χ0v) is 13.3. The van der Waals surface area contributed by atoms with E-state index in [0.29, 0.717) is 11.7 Å². The molecule has 0 spiro atoms. The van der Waals surface area contributed by atoms with Gasteiger partial charge in [-0.1, -0.05) is 24.3 Å². The molecule has 0 saturated heterocycles. The predicted molar refractivity (Wildman–Crippen MR) is 97.1 cm³/mol. The summed E-state index contributed by atoms with van der Waals surface area (Å²) in [4.78, 5) is 16.7. The Kier molecular flexibility index (Phi) is 4.72. The molecule has 0 unspecified atom stereocenters. The molecule has 0 aliphatic carbocycles. The fourth-order valence-corrected chi connectivity index (χ4v) is 2.30. The van der Waals surface area contributed by atoms with Gasteiger partial charge in [0.2, 0.25) is 0 Å². The van der Waals surface area contributed by atoms with Gasteiger partial charge < -0.3 is 5.73 Å². The monoisotopic (exact) mass is 315 g/mol. The van der Waals surface area contributed by atoms with Crippen molar-refractivity contribution in [1.82, 2.24) is 9.97 Å². The maximum absolute atomic E-state index is 6.14. The van der Waals surface area contributed by atoms with Gasteiger partial charge in [0.15, 0.2) is 5.84 Å². The molecule has 0 bridgehead atoms. The molecule has 1 aromatic carbocycles. The van der Waals surface area contributed by atoms with Crippen LogP contribution >= 0.6 is 0 Å². The number of hydrogen-bond donors (Lipinski definition) is 1. The van der Waals surface area contributed by atoms with E-state index < -0.39 is 0 Å². The van der Waals surface area contributed by atoms with E-state index in [9.17, 15) is 0 Å². The minimum Gasteiger partial charge on any atom is -0.383 e. The number of aromatic nitrogens is 2. The molecule has 3 aromatic rings. The van der Waals surface area contributed by atoms with Crippen LogP contribution in [0.4, 0.5) is 0 Å². The maximum Gasteiger partial charge on any atom is 0.156 e. The molecule has 0 fully saturated rings. The van der Waals surface area contributed by atoms with E-state index in [1.807, 2.05) is 48.5 Å². The summed E-state index contributed by atoms with van der Waals surface area (Å²) >= 11 is 0. The lowest BCUT2D eigenvalue weighted by Gasteiger charge is -2.06. The van der Waals surface area contributed by atoms with E-state index >= 15 is 0 Å². The van der Waals surface area contributed by atoms with Gasteiger partial charge >= 0.3 is 0 Å². The van der Waals surface area contributed by atoms with Gasteiger partial charge in [0.25, 0.3) is 0 Å². The van der Waals surface area contributed by atoms with E-state index in [1.54, 1.807) is 31.8 Å². The van der Waals surface area contributed by atoms with Gasteiger partial charge in [0.05, 0.1) is 0 Å². The van der Waals surface area contributed by atoms with Crippen molar-refractivity contribution >= 4 is 11.7 Å². The quantitative estimate of drug-likeness (QED) is 0.596. The highest BCUT2D eigenvalue weighted by atomic mass is 15.0. The maximum atomic E-state index is 6.14. The van der Waals surface area contributed by atoms with Gasteiger partial charge in [0.1, 0.15) is 5.84 Å². The molecule has 0 saturated carbocycles.